The van der Waals surface area contributed by atoms with Gasteiger partial charge in [0.1, 0.15) is 18.8 Å². The zero-order valence-corrected chi connectivity index (χ0v) is 19.2. The molecule has 0 aliphatic heterocycles. The maximum atomic E-state index is 13.0. The standard InChI is InChI=1S/C28H26N2O4/c1-20-13-14-25(21(2)15-20)30-26(16-27(31)33-18-22-9-5-3-6-10-22)24(17-29-30)28(32)34-19-23-11-7-4-8-12-23/h3-15,17H,16,18-19H2,1-2H3. The summed E-state index contributed by atoms with van der Waals surface area (Å²) in [6.45, 7) is 4.26. The molecule has 0 unspecified atom stereocenters. The number of carbonyl (C=O) groups is 2. The zero-order chi connectivity index (χ0) is 23.9. The van der Waals surface area contributed by atoms with Crippen molar-refractivity contribution in [3.8, 4) is 5.69 Å². The van der Waals surface area contributed by atoms with E-state index in [-0.39, 0.29) is 25.2 Å². The van der Waals surface area contributed by atoms with Gasteiger partial charge < -0.3 is 9.47 Å². The van der Waals surface area contributed by atoms with Gasteiger partial charge in [0.15, 0.2) is 0 Å². The number of benzene rings is 3. The minimum absolute atomic E-state index is 0.115. The summed E-state index contributed by atoms with van der Waals surface area (Å²) in [5.41, 5.74) is 5.32. The van der Waals surface area contributed by atoms with Gasteiger partial charge in [-0.3, -0.25) is 4.79 Å². The molecule has 1 aromatic heterocycles. The predicted molar refractivity (Wildman–Crippen MR) is 129 cm³/mol. The van der Waals surface area contributed by atoms with Crippen LogP contribution in [0.15, 0.2) is 85.1 Å². The first kappa shape index (κ1) is 23.0. The number of ether oxygens (including phenoxy) is 2. The average Bonchev–Trinajstić information content (AvgIpc) is 3.25. The monoisotopic (exact) mass is 454 g/mol. The van der Waals surface area contributed by atoms with Crippen molar-refractivity contribution in [2.24, 2.45) is 0 Å². The molecule has 0 aliphatic rings. The molecule has 0 fully saturated rings. The first-order valence-corrected chi connectivity index (χ1v) is 11.1. The SMILES string of the molecule is Cc1ccc(-n2ncc(C(=O)OCc3ccccc3)c2CC(=O)OCc2ccccc2)c(C)c1. The summed E-state index contributed by atoms with van der Waals surface area (Å²) in [5.74, 6) is -0.988. The molecule has 34 heavy (non-hydrogen) atoms. The Labute approximate surface area is 198 Å². The molecule has 0 spiro atoms. The van der Waals surface area contributed by atoms with Crippen LogP contribution in [0.5, 0.6) is 0 Å². The van der Waals surface area contributed by atoms with E-state index in [0.29, 0.717) is 5.69 Å². The number of aromatic nitrogens is 2. The lowest BCUT2D eigenvalue weighted by molar-refractivity contribution is -0.144. The number of esters is 2. The van der Waals surface area contributed by atoms with E-state index in [1.54, 1.807) is 4.68 Å². The Hall–Kier alpha value is -4.19. The zero-order valence-electron chi connectivity index (χ0n) is 19.2. The minimum atomic E-state index is -0.536. The first-order valence-electron chi connectivity index (χ1n) is 11.1. The summed E-state index contributed by atoms with van der Waals surface area (Å²) in [6.07, 6.45) is 1.34. The van der Waals surface area contributed by atoms with Crippen LogP contribution in [0.3, 0.4) is 0 Å². The fraction of sp³-hybridized carbons (Fsp3) is 0.179. The van der Waals surface area contributed by atoms with Crippen molar-refractivity contribution < 1.29 is 19.1 Å². The highest BCUT2D eigenvalue weighted by Crippen LogP contribution is 2.22. The summed E-state index contributed by atoms with van der Waals surface area (Å²) >= 11 is 0. The number of rotatable bonds is 8. The molecule has 3 aromatic carbocycles. The molecule has 0 radical (unpaired) electrons. The van der Waals surface area contributed by atoms with Crippen molar-refractivity contribution in [3.63, 3.8) is 0 Å². The van der Waals surface area contributed by atoms with Gasteiger partial charge in [0.25, 0.3) is 0 Å². The Kier molecular flexibility index (Phi) is 7.18. The number of hydrogen-bond acceptors (Lipinski definition) is 5. The van der Waals surface area contributed by atoms with Crippen molar-refractivity contribution in [3.05, 3.63) is 119 Å². The van der Waals surface area contributed by atoms with Gasteiger partial charge >= 0.3 is 11.9 Å². The second-order valence-electron chi connectivity index (χ2n) is 8.09. The molecule has 0 aliphatic carbocycles. The third-order valence-electron chi connectivity index (χ3n) is 5.44. The number of hydrogen-bond donors (Lipinski definition) is 0. The van der Waals surface area contributed by atoms with Crippen LogP contribution in [0.2, 0.25) is 0 Å². The Morgan fingerprint density at radius 1 is 0.824 bits per heavy atom. The fourth-order valence-electron chi connectivity index (χ4n) is 3.69. The van der Waals surface area contributed by atoms with E-state index in [2.05, 4.69) is 5.10 Å². The normalized spacial score (nSPS) is 10.6. The molecule has 0 N–H and O–H groups in total. The molecule has 6 nitrogen and oxygen atoms in total. The highest BCUT2D eigenvalue weighted by atomic mass is 16.5. The minimum Gasteiger partial charge on any atom is -0.461 e. The highest BCUT2D eigenvalue weighted by Gasteiger charge is 2.23. The second-order valence-corrected chi connectivity index (χ2v) is 8.09. The van der Waals surface area contributed by atoms with Crippen molar-refractivity contribution in [1.82, 2.24) is 9.78 Å². The van der Waals surface area contributed by atoms with Gasteiger partial charge in [0, 0.05) is 0 Å². The first-order chi connectivity index (χ1) is 16.5. The molecule has 0 saturated heterocycles. The predicted octanol–water partition coefficient (Wildman–Crippen LogP) is 5.13. The van der Waals surface area contributed by atoms with Crippen molar-refractivity contribution in [1.29, 1.82) is 0 Å². The molecule has 172 valence electrons. The summed E-state index contributed by atoms with van der Waals surface area (Å²) in [4.78, 5) is 25.7. The molecular formula is C28H26N2O4. The quantitative estimate of drug-likeness (QED) is 0.345. The lowest BCUT2D eigenvalue weighted by atomic mass is 10.1. The molecule has 0 bridgehead atoms. The van der Waals surface area contributed by atoms with Crippen LogP contribution in [0.1, 0.15) is 38.3 Å². The maximum absolute atomic E-state index is 13.0. The third kappa shape index (κ3) is 5.59. The molecular weight excluding hydrogens is 428 g/mol. The second kappa shape index (κ2) is 10.6. The van der Waals surface area contributed by atoms with Gasteiger partial charge in [0.2, 0.25) is 0 Å². The molecule has 1 heterocycles. The Morgan fingerprint density at radius 3 is 2.06 bits per heavy atom. The summed E-state index contributed by atoms with van der Waals surface area (Å²) in [5, 5.41) is 4.43. The van der Waals surface area contributed by atoms with Crippen molar-refractivity contribution in [2.45, 2.75) is 33.5 Å². The third-order valence-corrected chi connectivity index (χ3v) is 5.44. The Bertz CT molecular complexity index is 1280. The topological polar surface area (TPSA) is 70.4 Å². The fourth-order valence-corrected chi connectivity index (χ4v) is 3.69. The van der Waals surface area contributed by atoms with Crippen LogP contribution in [-0.4, -0.2) is 21.7 Å². The summed E-state index contributed by atoms with van der Waals surface area (Å²) in [6, 6.07) is 24.8. The van der Waals surface area contributed by atoms with Crippen molar-refractivity contribution >= 4 is 11.9 Å². The lowest BCUT2D eigenvalue weighted by Gasteiger charge is -2.13. The van der Waals surface area contributed by atoms with Gasteiger partial charge in [-0.15, -0.1) is 0 Å². The van der Waals surface area contributed by atoms with Crippen LogP contribution in [0.25, 0.3) is 5.69 Å². The molecule has 4 aromatic rings. The van der Waals surface area contributed by atoms with Crippen LogP contribution >= 0.6 is 0 Å². The Morgan fingerprint density at radius 2 is 1.44 bits per heavy atom. The number of aryl methyl sites for hydroxylation is 2. The van der Waals surface area contributed by atoms with Crippen molar-refractivity contribution in [2.75, 3.05) is 0 Å². The largest absolute Gasteiger partial charge is 0.461 e. The van der Waals surface area contributed by atoms with E-state index in [0.717, 1.165) is 27.9 Å². The summed E-state index contributed by atoms with van der Waals surface area (Å²) < 4.78 is 12.6. The Balaban J connectivity index is 1.58. The maximum Gasteiger partial charge on any atom is 0.341 e. The van der Waals surface area contributed by atoms with E-state index in [1.165, 1.54) is 6.20 Å². The van der Waals surface area contributed by atoms with E-state index >= 15 is 0 Å². The van der Waals surface area contributed by atoms with E-state index in [4.69, 9.17) is 9.47 Å². The highest BCUT2D eigenvalue weighted by molar-refractivity contribution is 5.92. The molecule has 0 atom stereocenters. The molecule has 4 rings (SSSR count). The number of carbonyl (C=O) groups excluding carboxylic acids is 2. The van der Waals surface area contributed by atoms with Gasteiger partial charge in [-0.25, -0.2) is 9.48 Å². The average molecular weight is 455 g/mol. The molecule has 0 saturated carbocycles. The van der Waals surface area contributed by atoms with Gasteiger partial charge in [-0.2, -0.15) is 5.10 Å². The van der Waals surface area contributed by atoms with Gasteiger partial charge in [-0.05, 0) is 36.6 Å². The number of nitrogens with zero attached hydrogens (tertiary/aromatic N) is 2. The van der Waals surface area contributed by atoms with Crippen LogP contribution in [-0.2, 0) is 33.9 Å². The molecule has 0 amide bonds. The van der Waals surface area contributed by atoms with Gasteiger partial charge in [-0.1, -0.05) is 78.4 Å². The lowest BCUT2D eigenvalue weighted by Crippen LogP contribution is -2.16. The summed E-state index contributed by atoms with van der Waals surface area (Å²) in [7, 11) is 0. The van der Waals surface area contributed by atoms with Gasteiger partial charge in [0.05, 0.1) is 24.0 Å². The van der Waals surface area contributed by atoms with E-state index in [1.807, 2.05) is 92.7 Å². The van der Waals surface area contributed by atoms with E-state index in [9.17, 15) is 9.59 Å². The smallest absolute Gasteiger partial charge is 0.341 e. The van der Waals surface area contributed by atoms with Crippen LogP contribution < -0.4 is 0 Å². The van der Waals surface area contributed by atoms with Crippen LogP contribution in [0, 0.1) is 13.8 Å². The molecule has 6 heteroatoms. The van der Waals surface area contributed by atoms with Crippen LogP contribution in [0.4, 0.5) is 0 Å². The van der Waals surface area contributed by atoms with E-state index < -0.39 is 11.9 Å².